The largest absolute Gasteiger partial charge is 0.316 e. The van der Waals surface area contributed by atoms with E-state index >= 15 is 0 Å². The SMILES string of the molecule is CCC(C)C(CS(=O)C1CCCC(C)C1)NC. The number of nitrogens with one attached hydrogen (secondary N) is 1. The van der Waals surface area contributed by atoms with Crippen LogP contribution >= 0.6 is 0 Å². The fourth-order valence-electron chi connectivity index (χ4n) is 2.75. The van der Waals surface area contributed by atoms with E-state index in [4.69, 9.17) is 0 Å². The van der Waals surface area contributed by atoms with Crippen LogP contribution in [-0.4, -0.2) is 28.3 Å². The van der Waals surface area contributed by atoms with E-state index in [9.17, 15) is 4.21 Å². The summed E-state index contributed by atoms with van der Waals surface area (Å²) in [6.07, 6.45) is 6.10. The van der Waals surface area contributed by atoms with Gasteiger partial charge >= 0.3 is 0 Å². The van der Waals surface area contributed by atoms with Crippen LogP contribution in [0.4, 0.5) is 0 Å². The molecule has 0 aromatic heterocycles. The van der Waals surface area contributed by atoms with Crippen LogP contribution in [0.25, 0.3) is 0 Å². The zero-order valence-electron chi connectivity index (χ0n) is 11.9. The van der Waals surface area contributed by atoms with Crippen molar-refractivity contribution in [3.05, 3.63) is 0 Å². The maximum atomic E-state index is 12.4. The van der Waals surface area contributed by atoms with Crippen LogP contribution in [0, 0.1) is 11.8 Å². The molecule has 0 saturated heterocycles. The Labute approximate surface area is 109 Å². The lowest BCUT2D eigenvalue weighted by atomic mass is 9.91. The molecule has 1 N–H and O–H groups in total. The third kappa shape index (κ3) is 4.70. The van der Waals surface area contributed by atoms with Crippen molar-refractivity contribution < 1.29 is 4.21 Å². The summed E-state index contributed by atoms with van der Waals surface area (Å²) in [6, 6.07) is 0.415. The normalized spacial score (nSPS) is 30.8. The first kappa shape index (κ1) is 15.2. The molecule has 1 aliphatic carbocycles. The van der Waals surface area contributed by atoms with Crippen LogP contribution in [0.5, 0.6) is 0 Å². The highest BCUT2D eigenvalue weighted by molar-refractivity contribution is 7.85. The van der Waals surface area contributed by atoms with Gasteiger partial charge in [-0.1, -0.05) is 40.0 Å². The molecule has 0 spiro atoms. The van der Waals surface area contributed by atoms with Gasteiger partial charge in [0.15, 0.2) is 0 Å². The minimum absolute atomic E-state index is 0.415. The van der Waals surface area contributed by atoms with Crippen molar-refractivity contribution in [2.75, 3.05) is 12.8 Å². The molecule has 1 saturated carbocycles. The molecular formula is C14H29NOS. The lowest BCUT2D eigenvalue weighted by Crippen LogP contribution is -2.39. The quantitative estimate of drug-likeness (QED) is 0.794. The molecule has 0 aromatic carbocycles. The molecule has 5 atom stereocenters. The summed E-state index contributed by atoms with van der Waals surface area (Å²) in [5.74, 6) is 2.22. The predicted octanol–water partition coefficient (Wildman–Crippen LogP) is 2.95. The Morgan fingerprint density at radius 1 is 1.41 bits per heavy atom. The van der Waals surface area contributed by atoms with Crippen molar-refractivity contribution in [3.63, 3.8) is 0 Å². The predicted molar refractivity (Wildman–Crippen MR) is 76.7 cm³/mol. The zero-order chi connectivity index (χ0) is 12.8. The van der Waals surface area contributed by atoms with E-state index in [2.05, 4.69) is 26.1 Å². The lowest BCUT2D eigenvalue weighted by Gasteiger charge is -2.29. The highest BCUT2D eigenvalue weighted by Crippen LogP contribution is 2.27. The first-order valence-electron chi connectivity index (χ1n) is 7.12. The average Bonchev–Trinajstić information content (AvgIpc) is 2.34. The first-order valence-corrected chi connectivity index (χ1v) is 8.51. The first-order chi connectivity index (χ1) is 8.08. The molecule has 0 aliphatic heterocycles. The van der Waals surface area contributed by atoms with E-state index < -0.39 is 10.8 Å². The van der Waals surface area contributed by atoms with Gasteiger partial charge in [0.25, 0.3) is 0 Å². The van der Waals surface area contributed by atoms with E-state index in [1.54, 1.807) is 0 Å². The molecule has 0 amide bonds. The smallest absolute Gasteiger partial charge is 0.0394 e. The third-order valence-corrected chi connectivity index (χ3v) is 6.16. The van der Waals surface area contributed by atoms with E-state index in [0.29, 0.717) is 17.2 Å². The van der Waals surface area contributed by atoms with Gasteiger partial charge in [-0.3, -0.25) is 4.21 Å². The maximum Gasteiger partial charge on any atom is 0.0394 e. The van der Waals surface area contributed by atoms with Crippen LogP contribution in [-0.2, 0) is 10.8 Å². The van der Waals surface area contributed by atoms with Gasteiger partial charge in [-0.05, 0) is 31.7 Å². The van der Waals surface area contributed by atoms with Gasteiger partial charge in [0.05, 0.1) is 0 Å². The monoisotopic (exact) mass is 259 g/mol. The molecule has 1 aliphatic rings. The van der Waals surface area contributed by atoms with Crippen LogP contribution in [0.3, 0.4) is 0 Å². The summed E-state index contributed by atoms with van der Waals surface area (Å²) < 4.78 is 12.4. The van der Waals surface area contributed by atoms with E-state index in [1.165, 1.54) is 25.7 Å². The Morgan fingerprint density at radius 2 is 2.12 bits per heavy atom. The second-order valence-corrected chi connectivity index (χ2v) is 7.48. The van der Waals surface area contributed by atoms with Gasteiger partial charge in [0.1, 0.15) is 0 Å². The van der Waals surface area contributed by atoms with E-state index in [0.717, 1.165) is 18.1 Å². The minimum Gasteiger partial charge on any atom is -0.316 e. The summed E-state index contributed by atoms with van der Waals surface area (Å²) in [5.41, 5.74) is 0. The number of rotatable bonds is 6. The van der Waals surface area contributed by atoms with Crippen molar-refractivity contribution in [2.45, 2.75) is 64.2 Å². The Kier molecular flexibility index (Phi) is 6.71. The zero-order valence-corrected chi connectivity index (χ0v) is 12.7. The molecule has 0 bridgehead atoms. The second kappa shape index (κ2) is 7.52. The fraction of sp³-hybridized carbons (Fsp3) is 1.00. The van der Waals surface area contributed by atoms with Crippen LogP contribution in [0.1, 0.15) is 52.9 Å². The standard InChI is InChI=1S/C14H29NOS/c1-5-12(3)14(15-4)10-17(16)13-8-6-7-11(2)9-13/h11-15H,5-10H2,1-4H3. The summed E-state index contributed by atoms with van der Waals surface area (Å²) in [7, 11) is 1.36. The highest BCUT2D eigenvalue weighted by atomic mass is 32.2. The van der Waals surface area contributed by atoms with Gasteiger partial charge in [0.2, 0.25) is 0 Å². The van der Waals surface area contributed by atoms with Crippen molar-refractivity contribution in [3.8, 4) is 0 Å². The van der Waals surface area contributed by atoms with Gasteiger partial charge in [-0.25, -0.2) is 0 Å². The summed E-state index contributed by atoms with van der Waals surface area (Å²) in [6.45, 7) is 6.76. The Balaban J connectivity index is 2.46. The molecule has 17 heavy (non-hydrogen) atoms. The molecule has 2 nitrogen and oxygen atoms in total. The average molecular weight is 259 g/mol. The Hall–Kier alpha value is 0.110. The topological polar surface area (TPSA) is 29.1 Å². The van der Waals surface area contributed by atoms with Crippen molar-refractivity contribution >= 4 is 10.8 Å². The summed E-state index contributed by atoms with van der Waals surface area (Å²) >= 11 is 0. The Morgan fingerprint density at radius 3 is 2.65 bits per heavy atom. The molecule has 0 aromatic rings. The molecule has 102 valence electrons. The van der Waals surface area contributed by atoms with E-state index in [1.807, 2.05) is 7.05 Å². The second-order valence-electron chi connectivity index (χ2n) is 5.72. The van der Waals surface area contributed by atoms with Crippen LogP contribution in [0.2, 0.25) is 0 Å². The molecule has 0 radical (unpaired) electrons. The molecule has 3 heteroatoms. The van der Waals surface area contributed by atoms with Gasteiger partial charge in [-0.2, -0.15) is 0 Å². The van der Waals surface area contributed by atoms with Crippen molar-refractivity contribution in [2.24, 2.45) is 11.8 Å². The van der Waals surface area contributed by atoms with Crippen LogP contribution in [0.15, 0.2) is 0 Å². The number of hydrogen-bond donors (Lipinski definition) is 1. The lowest BCUT2D eigenvalue weighted by molar-refractivity contribution is 0.384. The summed E-state index contributed by atoms with van der Waals surface area (Å²) in [5, 5.41) is 3.80. The molecule has 1 fully saturated rings. The van der Waals surface area contributed by atoms with Crippen molar-refractivity contribution in [1.29, 1.82) is 0 Å². The maximum absolute atomic E-state index is 12.4. The van der Waals surface area contributed by atoms with E-state index in [-0.39, 0.29) is 0 Å². The molecule has 1 rings (SSSR count). The van der Waals surface area contributed by atoms with Gasteiger partial charge < -0.3 is 5.32 Å². The molecule has 0 heterocycles. The number of hydrogen-bond acceptors (Lipinski definition) is 2. The molecule has 5 unspecified atom stereocenters. The third-order valence-electron chi connectivity index (χ3n) is 4.31. The Bertz CT molecular complexity index is 244. The van der Waals surface area contributed by atoms with Gasteiger partial charge in [0, 0.05) is 27.8 Å². The molecular weight excluding hydrogens is 230 g/mol. The highest BCUT2D eigenvalue weighted by Gasteiger charge is 2.26. The van der Waals surface area contributed by atoms with Crippen molar-refractivity contribution in [1.82, 2.24) is 5.32 Å². The van der Waals surface area contributed by atoms with Crippen LogP contribution < -0.4 is 5.32 Å². The van der Waals surface area contributed by atoms with Gasteiger partial charge in [-0.15, -0.1) is 0 Å². The fourth-order valence-corrected chi connectivity index (χ4v) is 4.84. The summed E-state index contributed by atoms with van der Waals surface area (Å²) in [4.78, 5) is 0. The minimum atomic E-state index is -0.642.